The van der Waals surface area contributed by atoms with Crippen molar-refractivity contribution in [1.82, 2.24) is 9.97 Å². The van der Waals surface area contributed by atoms with E-state index in [2.05, 4.69) is 9.97 Å². The van der Waals surface area contributed by atoms with Gasteiger partial charge in [-0.3, -0.25) is 0 Å². The molecule has 0 aliphatic heterocycles. The molecule has 88 valence electrons. The highest BCUT2D eigenvalue weighted by molar-refractivity contribution is 6.29. The van der Waals surface area contributed by atoms with E-state index in [9.17, 15) is 0 Å². The van der Waals surface area contributed by atoms with Crippen LogP contribution in [0.2, 0.25) is 5.15 Å². The van der Waals surface area contributed by atoms with Gasteiger partial charge in [0.2, 0.25) is 11.8 Å². The van der Waals surface area contributed by atoms with Gasteiger partial charge in [-0.25, -0.2) is 4.98 Å². The van der Waals surface area contributed by atoms with E-state index in [-0.39, 0.29) is 11.1 Å². The van der Waals surface area contributed by atoms with Crippen LogP contribution in [0.4, 0.5) is 5.95 Å². The standard InChI is InChI=1S/C12H12ClN3O/c1-7-3-4-8(2)9(5-7)17-11-6-10(13)15-12(14)16-11/h3-6H,1-2H3,(H2,14,15,16). The number of nitrogens with two attached hydrogens (primary N) is 1. The number of halogens is 1. The first-order valence-corrected chi connectivity index (χ1v) is 5.47. The second-order valence-corrected chi connectivity index (χ2v) is 4.15. The lowest BCUT2D eigenvalue weighted by molar-refractivity contribution is 0.459. The van der Waals surface area contributed by atoms with Crippen molar-refractivity contribution in [3.05, 3.63) is 40.5 Å². The van der Waals surface area contributed by atoms with Crippen molar-refractivity contribution >= 4 is 17.5 Å². The second kappa shape index (κ2) is 4.59. The number of aromatic nitrogens is 2. The predicted molar refractivity (Wildman–Crippen MR) is 67.4 cm³/mol. The quantitative estimate of drug-likeness (QED) is 0.831. The van der Waals surface area contributed by atoms with Crippen LogP contribution in [-0.4, -0.2) is 9.97 Å². The van der Waals surface area contributed by atoms with Crippen LogP contribution in [0, 0.1) is 13.8 Å². The normalized spacial score (nSPS) is 10.3. The molecule has 0 saturated heterocycles. The Kier molecular flexibility index (Phi) is 3.15. The van der Waals surface area contributed by atoms with Crippen molar-refractivity contribution in [3.63, 3.8) is 0 Å². The maximum absolute atomic E-state index is 5.78. The fraction of sp³-hybridized carbons (Fsp3) is 0.167. The third-order valence-corrected chi connectivity index (χ3v) is 2.44. The molecule has 1 aromatic heterocycles. The maximum Gasteiger partial charge on any atom is 0.225 e. The molecular formula is C12H12ClN3O. The Bertz CT molecular complexity index is 537. The number of nitrogens with zero attached hydrogens (tertiary/aromatic N) is 2. The summed E-state index contributed by atoms with van der Waals surface area (Å²) in [6.45, 7) is 3.95. The molecule has 0 aliphatic carbocycles. The summed E-state index contributed by atoms with van der Waals surface area (Å²) in [7, 11) is 0. The molecule has 4 nitrogen and oxygen atoms in total. The lowest BCUT2D eigenvalue weighted by atomic mass is 10.1. The molecule has 0 radical (unpaired) electrons. The molecule has 2 rings (SSSR count). The van der Waals surface area contributed by atoms with Crippen LogP contribution >= 0.6 is 11.6 Å². The lowest BCUT2D eigenvalue weighted by Gasteiger charge is -2.09. The first-order chi connectivity index (χ1) is 8.04. The van der Waals surface area contributed by atoms with Crippen molar-refractivity contribution in [2.24, 2.45) is 0 Å². The van der Waals surface area contributed by atoms with Gasteiger partial charge in [-0.1, -0.05) is 23.7 Å². The van der Waals surface area contributed by atoms with Gasteiger partial charge >= 0.3 is 0 Å². The summed E-state index contributed by atoms with van der Waals surface area (Å²) in [6, 6.07) is 7.46. The molecule has 0 aliphatic rings. The summed E-state index contributed by atoms with van der Waals surface area (Å²) < 4.78 is 5.64. The van der Waals surface area contributed by atoms with Crippen molar-refractivity contribution < 1.29 is 4.74 Å². The summed E-state index contributed by atoms with van der Waals surface area (Å²) in [5, 5.41) is 0.262. The number of rotatable bonds is 2. The number of hydrogen-bond acceptors (Lipinski definition) is 4. The van der Waals surface area contributed by atoms with Crippen LogP contribution in [0.25, 0.3) is 0 Å². The van der Waals surface area contributed by atoms with Gasteiger partial charge in [-0.2, -0.15) is 4.98 Å². The monoisotopic (exact) mass is 249 g/mol. The topological polar surface area (TPSA) is 61.0 Å². The Labute approximate surface area is 104 Å². The number of aryl methyl sites for hydroxylation is 2. The van der Waals surface area contributed by atoms with Gasteiger partial charge in [-0.15, -0.1) is 0 Å². The van der Waals surface area contributed by atoms with E-state index in [0.29, 0.717) is 5.88 Å². The van der Waals surface area contributed by atoms with Gasteiger partial charge in [0, 0.05) is 6.07 Å². The van der Waals surface area contributed by atoms with Gasteiger partial charge in [0.15, 0.2) is 0 Å². The minimum Gasteiger partial charge on any atom is -0.439 e. The van der Waals surface area contributed by atoms with Gasteiger partial charge in [-0.05, 0) is 31.0 Å². The molecule has 1 aromatic carbocycles. The van der Waals surface area contributed by atoms with Crippen LogP contribution < -0.4 is 10.5 Å². The molecular weight excluding hydrogens is 238 g/mol. The van der Waals surface area contributed by atoms with E-state index in [1.165, 1.54) is 6.07 Å². The molecule has 2 aromatic rings. The van der Waals surface area contributed by atoms with Gasteiger partial charge in [0.05, 0.1) is 0 Å². The molecule has 0 amide bonds. The Morgan fingerprint density at radius 2 is 1.94 bits per heavy atom. The molecule has 0 atom stereocenters. The first-order valence-electron chi connectivity index (χ1n) is 5.10. The number of ether oxygens (including phenoxy) is 1. The molecule has 17 heavy (non-hydrogen) atoms. The van der Waals surface area contributed by atoms with E-state index >= 15 is 0 Å². The van der Waals surface area contributed by atoms with E-state index in [4.69, 9.17) is 22.1 Å². The Morgan fingerprint density at radius 3 is 2.65 bits per heavy atom. The molecule has 0 unspecified atom stereocenters. The average Bonchev–Trinajstić information content (AvgIpc) is 2.22. The summed E-state index contributed by atoms with van der Waals surface area (Å²) in [4.78, 5) is 7.73. The van der Waals surface area contributed by atoms with Crippen molar-refractivity contribution in [2.45, 2.75) is 13.8 Å². The van der Waals surface area contributed by atoms with Crippen molar-refractivity contribution in [1.29, 1.82) is 0 Å². The zero-order chi connectivity index (χ0) is 12.4. The number of nitrogen functional groups attached to an aromatic ring is 1. The van der Waals surface area contributed by atoms with Crippen LogP contribution in [0.5, 0.6) is 11.6 Å². The molecule has 0 fully saturated rings. The molecule has 0 spiro atoms. The van der Waals surface area contributed by atoms with E-state index < -0.39 is 0 Å². The average molecular weight is 250 g/mol. The molecule has 2 N–H and O–H groups in total. The molecule has 1 heterocycles. The van der Waals surface area contributed by atoms with Crippen LogP contribution in [-0.2, 0) is 0 Å². The second-order valence-electron chi connectivity index (χ2n) is 3.76. The van der Waals surface area contributed by atoms with E-state index in [0.717, 1.165) is 16.9 Å². The smallest absolute Gasteiger partial charge is 0.225 e. The highest BCUT2D eigenvalue weighted by Crippen LogP contribution is 2.26. The fourth-order valence-electron chi connectivity index (χ4n) is 1.40. The maximum atomic E-state index is 5.78. The predicted octanol–water partition coefficient (Wildman–Crippen LogP) is 3.12. The summed E-state index contributed by atoms with van der Waals surface area (Å²) in [5.74, 6) is 1.17. The number of anilines is 1. The van der Waals surface area contributed by atoms with Crippen LogP contribution in [0.15, 0.2) is 24.3 Å². The van der Waals surface area contributed by atoms with Gasteiger partial charge < -0.3 is 10.5 Å². The first kappa shape index (κ1) is 11.7. The van der Waals surface area contributed by atoms with E-state index in [1.807, 2.05) is 32.0 Å². The molecule has 5 heteroatoms. The van der Waals surface area contributed by atoms with E-state index in [1.54, 1.807) is 0 Å². The summed E-state index contributed by atoms with van der Waals surface area (Å²) in [6.07, 6.45) is 0. The largest absolute Gasteiger partial charge is 0.439 e. The van der Waals surface area contributed by atoms with Crippen LogP contribution in [0.1, 0.15) is 11.1 Å². The zero-order valence-electron chi connectivity index (χ0n) is 9.57. The molecule has 0 bridgehead atoms. The Morgan fingerprint density at radius 1 is 1.18 bits per heavy atom. The number of benzene rings is 1. The van der Waals surface area contributed by atoms with Gasteiger partial charge in [0.1, 0.15) is 10.9 Å². The third-order valence-electron chi connectivity index (χ3n) is 2.25. The SMILES string of the molecule is Cc1ccc(C)c(Oc2cc(Cl)nc(N)n2)c1. The third kappa shape index (κ3) is 2.85. The highest BCUT2D eigenvalue weighted by Gasteiger charge is 2.05. The van der Waals surface area contributed by atoms with Crippen molar-refractivity contribution in [2.75, 3.05) is 5.73 Å². The minimum atomic E-state index is 0.0952. The van der Waals surface area contributed by atoms with Crippen molar-refractivity contribution in [3.8, 4) is 11.6 Å². The fourth-order valence-corrected chi connectivity index (χ4v) is 1.58. The lowest BCUT2D eigenvalue weighted by Crippen LogP contribution is -1.98. The summed E-state index contributed by atoms with van der Waals surface area (Å²) >= 11 is 5.78. The Hall–Kier alpha value is -1.81. The molecule has 0 saturated carbocycles. The zero-order valence-corrected chi connectivity index (χ0v) is 10.3. The summed E-state index contributed by atoms with van der Waals surface area (Å²) in [5.41, 5.74) is 7.62. The van der Waals surface area contributed by atoms with Gasteiger partial charge in [0.25, 0.3) is 0 Å². The van der Waals surface area contributed by atoms with Crippen LogP contribution in [0.3, 0.4) is 0 Å². The number of hydrogen-bond donors (Lipinski definition) is 1. The highest BCUT2D eigenvalue weighted by atomic mass is 35.5. The minimum absolute atomic E-state index is 0.0952. The Balaban J connectivity index is 2.34.